The Bertz CT molecular complexity index is 1280. The molecule has 0 amide bonds. The normalized spacial score (nSPS) is 18.0. The molecule has 168 valence electrons. The van der Waals surface area contributed by atoms with Gasteiger partial charge in [-0.15, -0.1) is 0 Å². The Balaban J connectivity index is 1.99. The lowest BCUT2D eigenvalue weighted by atomic mass is 9.81. The number of aliphatic hydroxyl groups excluding tert-OH is 2. The summed E-state index contributed by atoms with van der Waals surface area (Å²) in [4.78, 5) is 0.0115. The second kappa shape index (κ2) is 7.51. The zero-order chi connectivity index (χ0) is 23.4. The summed E-state index contributed by atoms with van der Waals surface area (Å²) in [6, 6.07) is 15.8. The van der Waals surface area contributed by atoms with Crippen LogP contribution >= 0.6 is 0 Å². The summed E-state index contributed by atoms with van der Waals surface area (Å²) < 4.78 is 28.2. The maximum Gasteiger partial charge on any atom is 0.264 e. The molecule has 2 atom stereocenters. The Hall–Kier alpha value is -3.07. The molecule has 4 N–H and O–H groups in total. The fourth-order valence-corrected chi connectivity index (χ4v) is 6.06. The van der Waals surface area contributed by atoms with Crippen molar-refractivity contribution in [2.45, 2.75) is 43.4 Å². The van der Waals surface area contributed by atoms with Gasteiger partial charge in [0.15, 0.2) is 11.5 Å². The first-order chi connectivity index (χ1) is 15.0. The summed E-state index contributed by atoms with van der Waals surface area (Å²) in [5.74, 6) is -1.36. The Labute approximate surface area is 186 Å². The van der Waals surface area contributed by atoms with Gasteiger partial charge in [0.2, 0.25) is 0 Å². The summed E-state index contributed by atoms with van der Waals surface area (Å²) in [7, 11) is -4.15. The van der Waals surface area contributed by atoms with Crippen LogP contribution in [0.25, 0.3) is 0 Å². The highest BCUT2D eigenvalue weighted by Gasteiger charge is 2.40. The first kappa shape index (κ1) is 22.1. The van der Waals surface area contributed by atoms with Gasteiger partial charge in [0, 0.05) is 11.1 Å². The number of benzene rings is 3. The Morgan fingerprint density at radius 2 is 1.31 bits per heavy atom. The van der Waals surface area contributed by atoms with Crippen LogP contribution in [0.3, 0.4) is 0 Å². The third-order valence-electron chi connectivity index (χ3n) is 5.59. The molecule has 1 aliphatic carbocycles. The summed E-state index contributed by atoms with van der Waals surface area (Å²) in [6.45, 7) is 4.97. The van der Waals surface area contributed by atoms with Crippen LogP contribution in [0.15, 0.2) is 65.6 Å². The molecular weight excluding hydrogens is 430 g/mol. The summed E-state index contributed by atoms with van der Waals surface area (Å²) in [5.41, 5.74) is -0.315. The highest BCUT2D eigenvalue weighted by Crippen LogP contribution is 2.52. The van der Waals surface area contributed by atoms with E-state index in [1.807, 2.05) is 0 Å². The van der Waals surface area contributed by atoms with Gasteiger partial charge in [-0.05, 0) is 55.7 Å². The van der Waals surface area contributed by atoms with E-state index in [1.165, 1.54) is 18.2 Å². The third kappa shape index (κ3) is 3.31. The van der Waals surface area contributed by atoms with Crippen molar-refractivity contribution in [1.82, 2.24) is 0 Å². The summed E-state index contributed by atoms with van der Waals surface area (Å²) in [6.07, 6.45) is -2.52. The van der Waals surface area contributed by atoms with Gasteiger partial charge in [-0.2, -0.15) is 0 Å². The highest BCUT2D eigenvalue weighted by atomic mass is 32.2. The van der Waals surface area contributed by atoms with Crippen LogP contribution in [-0.4, -0.2) is 34.4 Å². The molecule has 3 aromatic carbocycles. The van der Waals surface area contributed by atoms with Crippen molar-refractivity contribution in [1.29, 1.82) is 0 Å². The average Bonchev–Trinajstić information content (AvgIpc) is 2.74. The van der Waals surface area contributed by atoms with Crippen molar-refractivity contribution in [3.05, 3.63) is 82.9 Å². The van der Waals surface area contributed by atoms with Crippen molar-refractivity contribution in [3.63, 3.8) is 0 Å². The van der Waals surface area contributed by atoms with Gasteiger partial charge in [0.05, 0.1) is 10.6 Å². The van der Waals surface area contributed by atoms with E-state index in [0.29, 0.717) is 11.1 Å². The summed E-state index contributed by atoms with van der Waals surface area (Å²) >= 11 is 0. The Kier molecular flexibility index (Phi) is 5.20. The fourth-order valence-electron chi connectivity index (χ4n) is 4.23. The quantitative estimate of drug-likeness (QED) is 0.449. The zero-order valence-corrected chi connectivity index (χ0v) is 18.7. The molecule has 0 bridgehead atoms. The van der Waals surface area contributed by atoms with Gasteiger partial charge < -0.3 is 20.4 Å². The number of aliphatic hydroxyl groups is 2. The first-order valence-corrected chi connectivity index (χ1v) is 11.5. The van der Waals surface area contributed by atoms with E-state index in [9.17, 15) is 28.8 Å². The van der Waals surface area contributed by atoms with Crippen LogP contribution in [-0.2, 0) is 10.0 Å². The molecule has 8 heteroatoms. The predicted molar refractivity (Wildman–Crippen MR) is 120 cm³/mol. The van der Waals surface area contributed by atoms with Gasteiger partial charge >= 0.3 is 0 Å². The maximum atomic E-state index is 13.6. The van der Waals surface area contributed by atoms with Crippen LogP contribution in [0.2, 0.25) is 0 Å². The first-order valence-electron chi connectivity index (χ1n) is 10.1. The standard InChI is InChI=1S/C24H25NO6S/c1-24(2,3)25(32(30,31)14-9-5-4-6-10-14)18-13-17-19(23(29)22(18)28)21(27)16-12-8-7-11-15(16)20(17)26/h4-13,20-21,26-29H,1-3H3. The molecule has 4 rings (SSSR count). The van der Waals surface area contributed by atoms with Gasteiger partial charge in [-0.1, -0.05) is 42.5 Å². The number of phenolic OH excluding ortho intramolecular Hbond substituents is 2. The number of sulfonamides is 1. The van der Waals surface area contributed by atoms with E-state index in [1.54, 1.807) is 63.2 Å². The molecule has 0 fully saturated rings. The van der Waals surface area contributed by atoms with Crippen LogP contribution in [0.1, 0.15) is 55.2 Å². The second-order valence-electron chi connectivity index (χ2n) is 8.78. The highest BCUT2D eigenvalue weighted by molar-refractivity contribution is 7.93. The van der Waals surface area contributed by atoms with E-state index in [2.05, 4.69) is 0 Å². The monoisotopic (exact) mass is 455 g/mol. The van der Waals surface area contributed by atoms with E-state index in [0.717, 1.165) is 4.31 Å². The number of aromatic hydroxyl groups is 2. The molecule has 0 heterocycles. The van der Waals surface area contributed by atoms with E-state index in [-0.39, 0.29) is 21.7 Å². The number of rotatable bonds is 3. The zero-order valence-electron chi connectivity index (χ0n) is 17.9. The Morgan fingerprint density at radius 3 is 1.88 bits per heavy atom. The number of hydrogen-bond donors (Lipinski definition) is 4. The topological polar surface area (TPSA) is 118 Å². The van der Waals surface area contributed by atoms with Gasteiger partial charge in [0.1, 0.15) is 12.2 Å². The minimum atomic E-state index is -4.15. The second-order valence-corrected chi connectivity index (χ2v) is 10.6. The lowest BCUT2D eigenvalue weighted by Gasteiger charge is -2.38. The molecule has 0 spiro atoms. The van der Waals surface area contributed by atoms with Crippen LogP contribution in [0, 0.1) is 0 Å². The van der Waals surface area contributed by atoms with Crippen molar-refractivity contribution in [3.8, 4) is 11.5 Å². The SMILES string of the molecule is CC(C)(C)N(c1cc2c(c(O)c1O)C(O)c1ccccc1C2O)S(=O)(=O)c1ccccc1. The van der Waals surface area contributed by atoms with Gasteiger partial charge in [-0.25, -0.2) is 8.42 Å². The van der Waals surface area contributed by atoms with Crippen LogP contribution in [0.5, 0.6) is 11.5 Å². The number of fused-ring (bicyclic) bond motifs is 2. The maximum absolute atomic E-state index is 13.6. The molecule has 2 unspecified atom stereocenters. The summed E-state index contributed by atoms with van der Waals surface area (Å²) in [5, 5.41) is 43.6. The van der Waals surface area contributed by atoms with Crippen molar-refractivity contribution >= 4 is 15.7 Å². The molecule has 3 aromatic rings. The fraction of sp³-hybridized carbons (Fsp3) is 0.250. The molecule has 0 aromatic heterocycles. The minimum Gasteiger partial charge on any atom is -0.504 e. The van der Waals surface area contributed by atoms with Gasteiger partial charge in [-0.3, -0.25) is 4.31 Å². The van der Waals surface area contributed by atoms with E-state index >= 15 is 0 Å². The van der Waals surface area contributed by atoms with E-state index < -0.39 is 39.3 Å². The number of anilines is 1. The van der Waals surface area contributed by atoms with Gasteiger partial charge in [0.25, 0.3) is 10.0 Å². The largest absolute Gasteiger partial charge is 0.504 e. The van der Waals surface area contributed by atoms with Crippen molar-refractivity contribution in [2.75, 3.05) is 4.31 Å². The van der Waals surface area contributed by atoms with Crippen LogP contribution in [0.4, 0.5) is 5.69 Å². The molecule has 7 nitrogen and oxygen atoms in total. The minimum absolute atomic E-state index is 0.0115. The molecular formula is C24H25NO6S. The third-order valence-corrected chi connectivity index (χ3v) is 7.68. The molecule has 0 aliphatic heterocycles. The molecule has 0 radical (unpaired) electrons. The average molecular weight is 456 g/mol. The molecule has 1 aliphatic rings. The lowest BCUT2D eigenvalue weighted by molar-refractivity contribution is 0.169. The molecule has 32 heavy (non-hydrogen) atoms. The van der Waals surface area contributed by atoms with Crippen molar-refractivity contribution < 1.29 is 28.8 Å². The molecule has 0 saturated carbocycles. The van der Waals surface area contributed by atoms with Crippen LogP contribution < -0.4 is 4.31 Å². The lowest BCUT2D eigenvalue weighted by Crippen LogP contribution is -2.46. The van der Waals surface area contributed by atoms with E-state index in [4.69, 9.17) is 0 Å². The Morgan fingerprint density at radius 1 is 0.781 bits per heavy atom. The number of phenols is 2. The predicted octanol–water partition coefficient (Wildman–Crippen LogP) is 3.57. The number of nitrogens with zero attached hydrogens (tertiary/aromatic N) is 1. The van der Waals surface area contributed by atoms with Crippen molar-refractivity contribution in [2.24, 2.45) is 0 Å². The smallest absolute Gasteiger partial charge is 0.264 e. The molecule has 0 saturated heterocycles. The number of hydrogen-bond acceptors (Lipinski definition) is 6.